The van der Waals surface area contributed by atoms with Crippen molar-refractivity contribution < 1.29 is 9.53 Å². The first kappa shape index (κ1) is 9.23. The lowest BCUT2D eigenvalue weighted by Gasteiger charge is -2.13. The number of carbonyl (C=O) groups excluding carboxylic acids is 1. The lowest BCUT2D eigenvalue weighted by molar-refractivity contribution is -0.146. The number of hydrogen-bond acceptors (Lipinski definition) is 3. The van der Waals surface area contributed by atoms with E-state index in [9.17, 15) is 4.79 Å². The van der Waals surface area contributed by atoms with Gasteiger partial charge in [0.15, 0.2) is 0 Å². The molecule has 12 heavy (non-hydrogen) atoms. The summed E-state index contributed by atoms with van der Waals surface area (Å²) >= 11 is 0. The summed E-state index contributed by atoms with van der Waals surface area (Å²) in [5.41, 5.74) is 0.543. The Hall–Kier alpha value is -0.860. The van der Waals surface area contributed by atoms with Crippen LogP contribution < -0.4 is 0 Å². The number of esters is 1. The van der Waals surface area contributed by atoms with E-state index in [1.807, 2.05) is 6.92 Å². The van der Waals surface area contributed by atoms with Crippen LogP contribution in [0.25, 0.3) is 0 Å². The van der Waals surface area contributed by atoms with Crippen molar-refractivity contribution in [2.24, 2.45) is 11.8 Å². The van der Waals surface area contributed by atoms with E-state index in [2.05, 4.69) is 0 Å². The van der Waals surface area contributed by atoms with Crippen molar-refractivity contribution in [1.29, 1.82) is 5.41 Å². The topological polar surface area (TPSA) is 50.2 Å². The van der Waals surface area contributed by atoms with E-state index in [4.69, 9.17) is 10.1 Å². The van der Waals surface area contributed by atoms with Crippen LogP contribution in [0, 0.1) is 17.2 Å². The van der Waals surface area contributed by atoms with Crippen molar-refractivity contribution in [3.05, 3.63) is 0 Å². The first-order valence-electron chi connectivity index (χ1n) is 4.40. The third-order valence-electron chi connectivity index (χ3n) is 2.35. The highest BCUT2D eigenvalue weighted by molar-refractivity contribution is 6.02. The van der Waals surface area contributed by atoms with E-state index >= 15 is 0 Å². The van der Waals surface area contributed by atoms with E-state index in [0.29, 0.717) is 12.3 Å². The van der Waals surface area contributed by atoms with Crippen LogP contribution >= 0.6 is 0 Å². The predicted molar refractivity (Wildman–Crippen MR) is 46.2 cm³/mol. The van der Waals surface area contributed by atoms with Crippen LogP contribution in [0.5, 0.6) is 0 Å². The van der Waals surface area contributed by atoms with Crippen molar-refractivity contribution in [2.45, 2.75) is 26.7 Å². The molecule has 3 heteroatoms. The van der Waals surface area contributed by atoms with Crippen molar-refractivity contribution in [3.8, 4) is 0 Å². The molecule has 1 aliphatic carbocycles. The molecule has 0 aliphatic heterocycles. The fourth-order valence-electron chi connectivity index (χ4n) is 1.66. The molecular formula is C9H15NO2. The van der Waals surface area contributed by atoms with Gasteiger partial charge in [-0.3, -0.25) is 4.79 Å². The van der Waals surface area contributed by atoms with Gasteiger partial charge < -0.3 is 10.1 Å². The van der Waals surface area contributed by atoms with Gasteiger partial charge >= 0.3 is 5.97 Å². The summed E-state index contributed by atoms with van der Waals surface area (Å²) in [6, 6.07) is 0. The van der Waals surface area contributed by atoms with Gasteiger partial charge in [-0.05, 0) is 25.7 Å². The van der Waals surface area contributed by atoms with Gasteiger partial charge in [0.1, 0.15) is 0 Å². The van der Waals surface area contributed by atoms with E-state index in [1.165, 1.54) is 0 Å². The molecule has 1 N–H and O–H groups in total. The second kappa shape index (κ2) is 3.70. The zero-order valence-corrected chi connectivity index (χ0v) is 7.59. The van der Waals surface area contributed by atoms with Crippen LogP contribution in [0.15, 0.2) is 0 Å². The Morgan fingerprint density at radius 2 is 2.42 bits per heavy atom. The number of hydrogen-bond donors (Lipinski definition) is 1. The zero-order valence-electron chi connectivity index (χ0n) is 7.59. The Labute approximate surface area is 72.6 Å². The fourth-order valence-corrected chi connectivity index (χ4v) is 1.66. The van der Waals surface area contributed by atoms with E-state index in [0.717, 1.165) is 12.8 Å². The monoisotopic (exact) mass is 169 g/mol. The largest absolute Gasteiger partial charge is 0.465 e. The first-order chi connectivity index (χ1) is 5.66. The van der Waals surface area contributed by atoms with Crippen molar-refractivity contribution >= 4 is 11.7 Å². The summed E-state index contributed by atoms with van der Waals surface area (Å²) in [6.45, 7) is 4.21. The number of ether oxygens (including phenoxy) is 1. The van der Waals surface area contributed by atoms with Crippen LogP contribution in [0.1, 0.15) is 26.7 Å². The van der Waals surface area contributed by atoms with Crippen molar-refractivity contribution in [1.82, 2.24) is 0 Å². The molecule has 0 amide bonds. The average molecular weight is 169 g/mol. The molecule has 1 saturated carbocycles. The molecule has 0 spiro atoms. The predicted octanol–water partition coefficient (Wildman–Crippen LogP) is 1.62. The Morgan fingerprint density at radius 3 is 2.83 bits per heavy atom. The van der Waals surface area contributed by atoms with E-state index < -0.39 is 0 Å². The highest BCUT2D eigenvalue weighted by Crippen LogP contribution is 2.29. The molecular weight excluding hydrogens is 154 g/mol. The van der Waals surface area contributed by atoms with Crippen LogP contribution in [0.2, 0.25) is 0 Å². The van der Waals surface area contributed by atoms with Gasteiger partial charge in [0, 0.05) is 5.71 Å². The smallest absolute Gasteiger partial charge is 0.314 e. The maximum Gasteiger partial charge on any atom is 0.314 e. The molecule has 2 atom stereocenters. The normalized spacial score (nSPS) is 29.0. The van der Waals surface area contributed by atoms with E-state index in [-0.39, 0.29) is 17.8 Å². The van der Waals surface area contributed by atoms with Gasteiger partial charge in [-0.25, -0.2) is 0 Å². The Morgan fingerprint density at radius 1 is 1.75 bits per heavy atom. The fraction of sp³-hybridized carbons (Fsp3) is 0.778. The summed E-state index contributed by atoms with van der Waals surface area (Å²) in [4.78, 5) is 11.3. The van der Waals surface area contributed by atoms with E-state index in [1.54, 1.807) is 6.92 Å². The van der Waals surface area contributed by atoms with Crippen LogP contribution in [0.3, 0.4) is 0 Å². The van der Waals surface area contributed by atoms with Gasteiger partial charge in [0.25, 0.3) is 0 Å². The summed E-state index contributed by atoms with van der Waals surface area (Å²) in [5.74, 6) is -0.186. The second-order valence-electron chi connectivity index (χ2n) is 3.27. The maximum atomic E-state index is 11.3. The Kier molecular flexibility index (Phi) is 2.84. The standard InChI is InChI=1S/C9H15NO2/c1-3-12-9(11)8-6(2)4-5-7(8)10/h6,8,10H,3-5H2,1-2H3/t6-,8?/m1/s1. The zero-order chi connectivity index (χ0) is 9.14. The molecule has 0 aromatic rings. The Balaban J connectivity index is 2.59. The molecule has 1 fully saturated rings. The maximum absolute atomic E-state index is 11.3. The van der Waals surface area contributed by atoms with Crippen LogP contribution in [-0.2, 0) is 9.53 Å². The second-order valence-corrected chi connectivity index (χ2v) is 3.27. The van der Waals surface area contributed by atoms with Gasteiger partial charge in [0.2, 0.25) is 0 Å². The molecule has 0 aromatic carbocycles. The highest BCUT2D eigenvalue weighted by atomic mass is 16.5. The molecule has 68 valence electrons. The quantitative estimate of drug-likeness (QED) is 0.638. The minimum Gasteiger partial charge on any atom is -0.465 e. The number of nitrogens with one attached hydrogen (secondary N) is 1. The minimum absolute atomic E-state index is 0.215. The molecule has 1 aliphatic rings. The molecule has 3 nitrogen and oxygen atoms in total. The molecule has 0 heterocycles. The van der Waals surface area contributed by atoms with Crippen LogP contribution in [-0.4, -0.2) is 18.3 Å². The lowest BCUT2D eigenvalue weighted by atomic mass is 9.97. The van der Waals surface area contributed by atoms with Crippen molar-refractivity contribution in [2.75, 3.05) is 6.61 Å². The molecule has 0 saturated heterocycles. The lowest BCUT2D eigenvalue weighted by Crippen LogP contribution is -2.25. The number of carbonyl (C=O) groups is 1. The summed E-state index contributed by atoms with van der Waals surface area (Å²) < 4.78 is 4.89. The SMILES string of the molecule is CCOC(=O)C1C(=N)CC[C@H]1C. The first-order valence-corrected chi connectivity index (χ1v) is 4.40. The van der Waals surface area contributed by atoms with Gasteiger partial charge in [-0.1, -0.05) is 6.92 Å². The third-order valence-corrected chi connectivity index (χ3v) is 2.35. The van der Waals surface area contributed by atoms with Gasteiger partial charge in [-0.2, -0.15) is 0 Å². The summed E-state index contributed by atoms with van der Waals surface area (Å²) in [6.07, 6.45) is 1.70. The summed E-state index contributed by atoms with van der Waals surface area (Å²) in [5, 5.41) is 7.54. The van der Waals surface area contributed by atoms with Gasteiger partial charge in [0.05, 0.1) is 12.5 Å². The average Bonchev–Trinajstić information content (AvgIpc) is 2.32. The molecule has 0 bridgehead atoms. The molecule has 0 aromatic heterocycles. The third kappa shape index (κ3) is 1.65. The molecule has 1 unspecified atom stereocenters. The van der Waals surface area contributed by atoms with Crippen molar-refractivity contribution in [3.63, 3.8) is 0 Å². The molecule has 1 rings (SSSR count). The van der Waals surface area contributed by atoms with Gasteiger partial charge in [-0.15, -0.1) is 0 Å². The Bertz CT molecular complexity index is 201. The minimum atomic E-state index is -0.259. The van der Waals surface area contributed by atoms with Crippen LogP contribution in [0.4, 0.5) is 0 Å². The summed E-state index contributed by atoms with van der Waals surface area (Å²) in [7, 11) is 0. The molecule has 0 radical (unpaired) electrons. The number of rotatable bonds is 2. The highest BCUT2D eigenvalue weighted by Gasteiger charge is 2.35.